The van der Waals surface area contributed by atoms with Crippen LogP contribution < -0.4 is 0 Å². The molecule has 0 fully saturated rings. The van der Waals surface area contributed by atoms with E-state index >= 15 is 28.8 Å². The van der Waals surface area contributed by atoms with E-state index < -0.39 is 126 Å². The normalized spacial score (nSPS) is 14.9. The van der Waals surface area contributed by atoms with Crippen molar-refractivity contribution in [1.82, 2.24) is 0 Å². The summed E-state index contributed by atoms with van der Waals surface area (Å²) < 4.78 is 37.8. The van der Waals surface area contributed by atoms with E-state index in [2.05, 4.69) is 0 Å². The van der Waals surface area contributed by atoms with Crippen molar-refractivity contribution in [1.29, 1.82) is 0 Å². The Balaban J connectivity index is 1.01. The minimum atomic E-state index is -2.77. The number of hydrogen-bond acceptors (Lipinski definition) is 16. The fraction of sp³-hybridized carbons (Fsp3) is 0.103. The van der Waals surface area contributed by atoms with Crippen molar-refractivity contribution in [2.45, 2.75) is 55.9 Å². The topological polar surface area (TPSA) is 226 Å². The predicted octanol–water partition coefficient (Wildman–Crippen LogP) is 13.7. The molecule has 10 aromatic rings. The third-order valence-corrected chi connectivity index (χ3v) is 19.3. The van der Waals surface area contributed by atoms with Gasteiger partial charge in [-0.05, 0) is 138 Å². The number of benzene rings is 10. The lowest BCUT2D eigenvalue weighted by Crippen LogP contribution is -2.47. The van der Waals surface area contributed by atoms with E-state index in [1.807, 2.05) is 0 Å². The number of carbonyl (C=O) groups is 10. The van der Waals surface area contributed by atoms with E-state index in [0.29, 0.717) is 33.4 Å². The van der Waals surface area contributed by atoms with Crippen molar-refractivity contribution in [3.05, 3.63) is 378 Å². The van der Waals surface area contributed by atoms with Gasteiger partial charge in [-0.1, -0.05) is 231 Å². The molecule has 103 heavy (non-hydrogen) atoms. The lowest BCUT2D eigenvalue weighted by Gasteiger charge is -2.30. The van der Waals surface area contributed by atoms with E-state index in [1.165, 1.54) is 60.7 Å². The molecule has 5 aliphatic rings. The number of ketones is 4. The molecular weight excluding hydrogens is 1300 g/mol. The molecule has 0 unspecified atom stereocenters. The summed E-state index contributed by atoms with van der Waals surface area (Å²) in [5.41, 5.74) is -7.11. The van der Waals surface area contributed by atoms with Crippen LogP contribution in [0.5, 0.6) is 0 Å². The first-order valence-corrected chi connectivity index (χ1v) is 33.1. The van der Waals surface area contributed by atoms with Gasteiger partial charge in [-0.15, -0.1) is 0 Å². The number of rotatable bonds is 20. The van der Waals surface area contributed by atoms with Crippen molar-refractivity contribution in [3.8, 4) is 11.1 Å². The number of carbonyl (C=O) groups excluding carboxylic acids is 10. The standard InChI is InChI=1S/C87H58O16/c88-75-63-35-19-20-36-64(63)76(89)69(75)43-61-39-59-41-73-67(45-71(59)85(61,79(92)98-47-53-23-7-1-8-24-53)80(93)99-48-54-25-9-2-10-26-54)68-46-72-60(42-74(68)87(73,83(96)102-51-57-31-15-5-16-32-57)84(97)103-52-58-33-17-6-18-34-58)40-62(44-70-77(90)65-37-21-22-38-66(65)78(70)91)86(72,81(94)100-49-55-27-11-3-12-28-55)82(95)101-50-56-29-13-4-14-30-56/h1-46H,47-52H2. The summed E-state index contributed by atoms with van der Waals surface area (Å²) in [6.45, 7) is -2.42. The largest absolute Gasteiger partial charge is 0.459 e. The lowest BCUT2D eigenvalue weighted by atomic mass is 9.73. The minimum Gasteiger partial charge on any atom is -0.459 e. The Hall–Kier alpha value is -13.3. The maximum Gasteiger partial charge on any atom is 0.333 e. The molecule has 0 aromatic heterocycles. The van der Waals surface area contributed by atoms with Gasteiger partial charge in [0, 0.05) is 22.3 Å². The zero-order valence-electron chi connectivity index (χ0n) is 54.8. The summed E-state index contributed by atoms with van der Waals surface area (Å²) in [6.07, 6.45) is 5.11. The number of hydrogen-bond donors (Lipinski definition) is 0. The third kappa shape index (κ3) is 11.3. The number of ether oxygens (including phenoxy) is 6. The number of fused-ring (bicyclic) bond motifs is 7. The number of Topliss-reactive ketones (excluding diaryl/α,β-unsaturated/α-hetero) is 4. The highest BCUT2D eigenvalue weighted by Crippen LogP contribution is 2.59. The molecule has 0 atom stereocenters. The second-order valence-corrected chi connectivity index (χ2v) is 25.3. The first-order valence-electron chi connectivity index (χ1n) is 33.1. The van der Waals surface area contributed by atoms with Crippen molar-refractivity contribution in [2.24, 2.45) is 0 Å². The van der Waals surface area contributed by atoms with E-state index in [4.69, 9.17) is 28.4 Å². The van der Waals surface area contributed by atoms with Gasteiger partial charge in [0.1, 0.15) is 39.6 Å². The van der Waals surface area contributed by atoms with Gasteiger partial charge in [-0.25, -0.2) is 0 Å². The van der Waals surface area contributed by atoms with Gasteiger partial charge in [0.15, 0.2) is 23.1 Å². The van der Waals surface area contributed by atoms with Crippen LogP contribution in [-0.4, -0.2) is 58.9 Å². The molecule has 10 aromatic carbocycles. The van der Waals surface area contributed by atoms with E-state index in [-0.39, 0.29) is 77.9 Å². The maximum atomic E-state index is 16.4. The maximum absolute atomic E-state index is 16.4. The quantitative estimate of drug-likeness (QED) is 0.0227. The molecule has 0 N–H and O–H groups in total. The Labute approximate surface area is 589 Å². The molecule has 16 heteroatoms. The molecule has 0 aliphatic heterocycles. The van der Waals surface area contributed by atoms with Crippen LogP contribution in [0.25, 0.3) is 23.3 Å². The van der Waals surface area contributed by atoms with Crippen molar-refractivity contribution in [3.63, 3.8) is 0 Å². The zero-order chi connectivity index (χ0) is 71.0. The highest BCUT2D eigenvalue weighted by atomic mass is 16.6. The van der Waals surface area contributed by atoms with Gasteiger partial charge >= 0.3 is 35.8 Å². The molecule has 0 saturated heterocycles. The van der Waals surface area contributed by atoms with Crippen molar-refractivity contribution < 1.29 is 76.4 Å². The Kier molecular flexibility index (Phi) is 17.2. The monoisotopic (exact) mass is 1360 g/mol. The average Bonchev–Trinajstić information content (AvgIpc) is 1.51. The Bertz CT molecular complexity index is 4820. The summed E-state index contributed by atoms with van der Waals surface area (Å²) >= 11 is 0. The summed E-state index contributed by atoms with van der Waals surface area (Å²) in [7, 11) is 0. The first-order chi connectivity index (χ1) is 50.2. The van der Waals surface area contributed by atoms with Crippen LogP contribution in [0.2, 0.25) is 0 Å². The van der Waals surface area contributed by atoms with E-state index in [1.54, 1.807) is 206 Å². The average molecular weight is 1360 g/mol. The summed E-state index contributed by atoms with van der Waals surface area (Å²) in [4.78, 5) is 156. The van der Waals surface area contributed by atoms with Gasteiger partial charge in [-0.3, -0.25) is 47.9 Å². The van der Waals surface area contributed by atoms with Gasteiger partial charge in [-0.2, -0.15) is 0 Å². The van der Waals surface area contributed by atoms with Gasteiger partial charge in [0.05, 0.1) is 11.1 Å². The van der Waals surface area contributed by atoms with Crippen LogP contribution in [0.4, 0.5) is 0 Å². The van der Waals surface area contributed by atoms with Crippen LogP contribution in [0, 0.1) is 0 Å². The van der Waals surface area contributed by atoms with E-state index in [0.717, 1.165) is 12.2 Å². The smallest absolute Gasteiger partial charge is 0.333 e. The second-order valence-electron chi connectivity index (χ2n) is 25.3. The molecule has 16 nitrogen and oxygen atoms in total. The van der Waals surface area contributed by atoms with Crippen molar-refractivity contribution >= 4 is 71.1 Å². The SMILES string of the molecule is O=C1C(=CC2=Cc3cc4c(cc3C2(C(=O)OCc2ccccc2)C(=O)OCc2ccccc2)-c2cc3c(cc2C4(C(=O)OCc2ccccc2)C(=O)OCc2ccccc2)C=C(C=C2C(=O)c4ccccc4C2=O)C3(C(=O)OCc2ccccc2)C(=O)OCc2ccccc2)C(=O)c2ccccc21. The van der Waals surface area contributed by atoms with Crippen LogP contribution in [0.1, 0.15) is 108 Å². The molecule has 15 rings (SSSR count). The molecule has 0 bridgehead atoms. The number of esters is 6. The molecule has 5 aliphatic carbocycles. The van der Waals surface area contributed by atoms with Gasteiger partial charge < -0.3 is 28.4 Å². The minimum absolute atomic E-state index is 0.00482. The Morgan fingerprint density at radius 2 is 0.466 bits per heavy atom. The van der Waals surface area contributed by atoms with Crippen LogP contribution in [0.15, 0.2) is 289 Å². The molecule has 502 valence electrons. The Morgan fingerprint density at radius 3 is 0.699 bits per heavy atom. The highest BCUT2D eigenvalue weighted by molar-refractivity contribution is 6.41. The van der Waals surface area contributed by atoms with Crippen LogP contribution in [-0.2, 0) is 113 Å². The van der Waals surface area contributed by atoms with Gasteiger partial charge in [0.2, 0.25) is 16.2 Å². The second kappa shape index (κ2) is 27.1. The summed E-state index contributed by atoms with van der Waals surface area (Å²) in [5, 5.41) is 0. The molecule has 0 amide bonds. The lowest BCUT2D eigenvalue weighted by molar-refractivity contribution is -0.166. The van der Waals surface area contributed by atoms with Crippen LogP contribution in [0.3, 0.4) is 0 Å². The molecule has 0 radical (unpaired) electrons. The van der Waals surface area contributed by atoms with E-state index in [9.17, 15) is 19.2 Å². The van der Waals surface area contributed by atoms with Crippen LogP contribution >= 0.6 is 0 Å². The zero-order valence-corrected chi connectivity index (χ0v) is 54.8. The highest BCUT2D eigenvalue weighted by Gasteiger charge is 2.64. The predicted molar refractivity (Wildman–Crippen MR) is 376 cm³/mol. The fourth-order valence-corrected chi connectivity index (χ4v) is 14.2. The summed E-state index contributed by atoms with van der Waals surface area (Å²) in [5.74, 6) is -10.1. The van der Waals surface area contributed by atoms with Crippen molar-refractivity contribution in [2.75, 3.05) is 0 Å². The molecule has 0 heterocycles. The number of allylic oxidation sites excluding steroid dienone is 4. The summed E-state index contributed by atoms with van der Waals surface area (Å²) in [6, 6.07) is 69.8. The molecule has 0 spiro atoms. The fourth-order valence-electron chi connectivity index (χ4n) is 14.2. The third-order valence-electron chi connectivity index (χ3n) is 19.3. The molecular formula is C87H58O16. The Morgan fingerprint density at radius 1 is 0.252 bits per heavy atom. The first kappa shape index (κ1) is 65.6. The molecule has 0 saturated carbocycles. The van der Waals surface area contributed by atoms with Gasteiger partial charge in [0.25, 0.3) is 0 Å².